The first-order valence-corrected chi connectivity index (χ1v) is 20.0. The topological polar surface area (TPSA) is 181 Å². The lowest BCUT2D eigenvalue weighted by atomic mass is 10.0. The summed E-state index contributed by atoms with van der Waals surface area (Å²) in [6.07, 6.45) is -5.40. The first-order chi connectivity index (χ1) is 28.8. The average molecular weight is 856 g/mol. The number of aromatic nitrogens is 4. The molecule has 0 radical (unpaired) electrons. The molecule has 5 heterocycles. The number of amides is 2. The van der Waals surface area contributed by atoms with Crippen LogP contribution in [0, 0.1) is 0 Å². The van der Waals surface area contributed by atoms with Gasteiger partial charge in [0, 0.05) is 77.1 Å². The third kappa shape index (κ3) is 10.2. The van der Waals surface area contributed by atoms with Crippen molar-refractivity contribution < 1.29 is 41.8 Å². The molecule has 3 aliphatic rings. The molecule has 2 amide bonds. The number of hydrogen-bond acceptors (Lipinski definition) is 12. The number of morpholine rings is 1. The van der Waals surface area contributed by atoms with Crippen molar-refractivity contribution in [3.63, 3.8) is 0 Å². The lowest BCUT2D eigenvalue weighted by Gasteiger charge is -2.37. The number of carbonyl (C=O) groups excluding carboxylic acids is 3. The number of piperidine rings is 1. The lowest BCUT2D eigenvalue weighted by Crippen LogP contribution is -2.53. The van der Waals surface area contributed by atoms with E-state index in [2.05, 4.69) is 20.0 Å². The molecule has 3 aliphatic heterocycles. The van der Waals surface area contributed by atoms with Crippen molar-refractivity contribution in [3.8, 4) is 11.4 Å². The number of halogens is 4. The molecule has 0 spiro atoms. The highest BCUT2D eigenvalue weighted by molar-refractivity contribution is 6.33. The zero-order valence-electron chi connectivity index (χ0n) is 32.6. The number of rotatable bonds is 11. The van der Waals surface area contributed by atoms with Gasteiger partial charge >= 0.3 is 23.9 Å². The van der Waals surface area contributed by atoms with Crippen LogP contribution < -0.4 is 16.3 Å². The van der Waals surface area contributed by atoms with Gasteiger partial charge < -0.3 is 34.6 Å². The van der Waals surface area contributed by atoms with Crippen LogP contribution in [0.15, 0.2) is 65.6 Å². The van der Waals surface area contributed by atoms with Gasteiger partial charge in [0.15, 0.2) is 11.9 Å². The highest BCUT2D eigenvalue weighted by Crippen LogP contribution is 2.38. The Hall–Kier alpha value is -5.66. The molecular weight excluding hydrogens is 811 g/mol. The van der Waals surface area contributed by atoms with Crippen LogP contribution in [0.4, 0.5) is 29.5 Å². The molecule has 3 N–H and O–H groups in total. The van der Waals surface area contributed by atoms with E-state index in [0.29, 0.717) is 62.9 Å². The summed E-state index contributed by atoms with van der Waals surface area (Å²) in [5, 5.41) is 4.12. The number of likely N-dealkylation sites (tertiary alicyclic amines) is 1. The fourth-order valence-corrected chi connectivity index (χ4v) is 7.69. The summed E-state index contributed by atoms with van der Waals surface area (Å²) in [6, 6.07) is 14.2. The van der Waals surface area contributed by atoms with E-state index in [1.54, 1.807) is 12.1 Å². The molecule has 0 aliphatic carbocycles. The molecule has 2 aromatic heterocycles. The Balaban J connectivity index is 0.984. The zero-order chi connectivity index (χ0) is 42.4. The van der Waals surface area contributed by atoms with Gasteiger partial charge in [-0.2, -0.15) is 13.2 Å². The van der Waals surface area contributed by atoms with Crippen LogP contribution in [0.1, 0.15) is 40.4 Å². The van der Waals surface area contributed by atoms with Crippen molar-refractivity contribution in [3.05, 3.63) is 93.0 Å². The van der Waals surface area contributed by atoms with E-state index >= 15 is 0 Å². The summed E-state index contributed by atoms with van der Waals surface area (Å²) in [4.78, 5) is 67.3. The monoisotopic (exact) mass is 855 g/mol. The number of esters is 1. The highest BCUT2D eigenvalue weighted by Gasteiger charge is 2.37. The quantitative estimate of drug-likeness (QED) is 0.163. The molecule has 1 atom stereocenters. The molecule has 4 aromatic rings. The van der Waals surface area contributed by atoms with Crippen molar-refractivity contribution in [1.82, 2.24) is 34.4 Å². The number of ether oxygens (including phenoxy) is 3. The molecule has 320 valence electrons. The predicted octanol–water partition coefficient (Wildman–Crippen LogP) is 4.11. The number of nitrogens with zero attached hydrogens (tertiary/aromatic N) is 7. The number of alkyl halides is 3. The van der Waals surface area contributed by atoms with Gasteiger partial charge in [-0.1, -0.05) is 41.9 Å². The van der Waals surface area contributed by atoms with Gasteiger partial charge in [0.2, 0.25) is 0 Å². The number of pyridine rings is 1. The number of nitrogens with one attached hydrogen (secondary N) is 1. The van der Waals surface area contributed by atoms with Crippen molar-refractivity contribution in [2.75, 3.05) is 89.4 Å². The number of hydrogen-bond donors (Lipinski definition) is 2. The first-order valence-electron chi connectivity index (χ1n) is 19.7. The predicted molar refractivity (Wildman–Crippen MR) is 214 cm³/mol. The third-order valence-corrected chi connectivity index (χ3v) is 11.1. The fourth-order valence-electron chi connectivity index (χ4n) is 7.45. The minimum Gasteiger partial charge on any atom is -0.461 e. The van der Waals surface area contributed by atoms with Crippen LogP contribution in [0.2, 0.25) is 5.02 Å². The summed E-state index contributed by atoms with van der Waals surface area (Å²) in [5.74, 6) is -0.0944. The number of aromatic amines is 1. The molecule has 0 saturated carbocycles. The lowest BCUT2D eigenvalue weighted by molar-refractivity contribution is -0.141. The van der Waals surface area contributed by atoms with Crippen LogP contribution in [0.5, 0.6) is 0 Å². The van der Waals surface area contributed by atoms with Crippen LogP contribution in [0.25, 0.3) is 11.4 Å². The summed E-state index contributed by atoms with van der Waals surface area (Å²) in [7, 11) is 0. The number of anilines is 2. The zero-order valence-corrected chi connectivity index (χ0v) is 33.4. The second kappa shape index (κ2) is 18.7. The second-order valence-electron chi connectivity index (χ2n) is 14.7. The van der Waals surface area contributed by atoms with E-state index in [1.165, 1.54) is 26.7 Å². The molecule has 7 rings (SSSR count). The van der Waals surface area contributed by atoms with Crippen LogP contribution >= 0.6 is 11.6 Å². The second-order valence-corrected chi connectivity index (χ2v) is 15.1. The highest BCUT2D eigenvalue weighted by atomic mass is 35.5. The van der Waals surface area contributed by atoms with E-state index < -0.39 is 47.9 Å². The van der Waals surface area contributed by atoms with Crippen LogP contribution in [-0.2, 0) is 31.6 Å². The molecular formula is C40H45ClF3N9O7. The van der Waals surface area contributed by atoms with Gasteiger partial charge in [-0.3, -0.25) is 14.7 Å². The molecule has 0 bridgehead atoms. The summed E-state index contributed by atoms with van der Waals surface area (Å²) < 4.78 is 59.6. The summed E-state index contributed by atoms with van der Waals surface area (Å²) in [6.45, 7) is 5.11. The maximum absolute atomic E-state index is 14.1. The molecule has 2 aromatic carbocycles. The molecule has 3 fully saturated rings. The van der Waals surface area contributed by atoms with E-state index in [9.17, 15) is 32.3 Å². The Morgan fingerprint density at radius 1 is 0.950 bits per heavy atom. The Kier molecular flexibility index (Phi) is 13.3. The number of H-pyrrole nitrogens is 1. The van der Waals surface area contributed by atoms with Crippen molar-refractivity contribution in [2.45, 2.75) is 37.6 Å². The first kappa shape index (κ1) is 42.5. The number of nitrogen functional groups attached to an aromatic ring is 1. The average Bonchev–Trinajstić information content (AvgIpc) is 3.66. The SMILES string of the molecule is Nc1c(Cl)cc(C[C@@H](OC(=O)N2CCC(n3nc(-c4ccccc4)[nH]c3=O)CC2)C(=O)N2CCN(c3ccc(C(=O)OCCN4CCOCC4)cn3)CC2)cc1C(F)(F)F. The smallest absolute Gasteiger partial charge is 0.418 e. The Bertz CT molecular complexity index is 2180. The minimum absolute atomic E-state index is 0.000980. The number of benzene rings is 2. The number of piperazine rings is 1. The van der Waals surface area contributed by atoms with Crippen molar-refractivity contribution in [1.29, 1.82) is 0 Å². The van der Waals surface area contributed by atoms with Gasteiger partial charge in [-0.05, 0) is 42.7 Å². The largest absolute Gasteiger partial charge is 0.461 e. The summed E-state index contributed by atoms with van der Waals surface area (Å²) >= 11 is 6.12. The fraction of sp³-hybridized carbons (Fsp3) is 0.450. The van der Waals surface area contributed by atoms with Crippen LogP contribution in [0.3, 0.4) is 0 Å². The number of carbonyl (C=O) groups is 3. The van der Waals surface area contributed by atoms with Crippen LogP contribution in [-0.4, -0.2) is 137 Å². The van der Waals surface area contributed by atoms with Gasteiger partial charge in [0.05, 0.1) is 41.1 Å². The maximum Gasteiger partial charge on any atom is 0.418 e. The Morgan fingerprint density at radius 3 is 2.33 bits per heavy atom. The normalized spacial score (nSPS) is 17.4. The standard InChI is InChI=1S/C40H45ClF3N9O7/c41-31-23-26(22-30(34(31)45)40(42,43)44)24-32(60-39(57)52-10-8-29(9-11-52)53-38(56)47-35(48-53)27-4-2-1-3-5-27)36(54)51-14-12-50(13-15-51)33-7-6-28(25-46-33)37(55)59-21-18-49-16-19-58-20-17-49/h1-7,22-23,25,29,32H,8-21,24,45H2,(H,47,48,56)/t32-/m1/s1. The molecule has 60 heavy (non-hydrogen) atoms. The Morgan fingerprint density at radius 2 is 1.67 bits per heavy atom. The van der Waals surface area contributed by atoms with E-state index in [1.807, 2.05) is 35.2 Å². The van der Waals surface area contributed by atoms with Crippen molar-refractivity contribution in [2.24, 2.45) is 0 Å². The molecule has 0 unspecified atom stereocenters. The molecule has 20 heteroatoms. The third-order valence-electron chi connectivity index (χ3n) is 10.8. The summed E-state index contributed by atoms with van der Waals surface area (Å²) in [5.41, 5.74) is 4.51. The minimum atomic E-state index is -4.83. The van der Waals surface area contributed by atoms with Gasteiger partial charge in [0.25, 0.3) is 5.91 Å². The van der Waals surface area contributed by atoms with E-state index in [4.69, 9.17) is 31.5 Å². The Labute approximate surface area is 347 Å². The van der Waals surface area contributed by atoms with Gasteiger partial charge in [0.1, 0.15) is 12.4 Å². The number of nitrogens with two attached hydrogens (primary N) is 1. The maximum atomic E-state index is 14.1. The van der Waals surface area contributed by atoms with E-state index in [-0.39, 0.29) is 55.1 Å². The van der Waals surface area contributed by atoms with Gasteiger partial charge in [-0.25, -0.2) is 24.0 Å². The van der Waals surface area contributed by atoms with Crippen molar-refractivity contribution >= 4 is 41.1 Å². The van der Waals surface area contributed by atoms with Gasteiger partial charge in [-0.15, -0.1) is 5.10 Å². The molecule has 3 saturated heterocycles. The van der Waals surface area contributed by atoms with E-state index in [0.717, 1.165) is 24.7 Å². The molecule has 16 nitrogen and oxygen atoms in total.